The van der Waals surface area contributed by atoms with Gasteiger partial charge in [-0.3, -0.25) is 9.67 Å². The number of benzene rings is 1. The molecule has 3 aromatic rings. The van der Waals surface area contributed by atoms with Crippen molar-refractivity contribution < 1.29 is 4.74 Å². The molecule has 2 aromatic heterocycles. The number of guanidine groups is 1. The number of nitrogens with zero attached hydrogens (tertiary/aromatic N) is 6. The van der Waals surface area contributed by atoms with E-state index >= 15 is 0 Å². The van der Waals surface area contributed by atoms with Gasteiger partial charge in [0.2, 0.25) is 0 Å². The second kappa shape index (κ2) is 10.8. The summed E-state index contributed by atoms with van der Waals surface area (Å²) < 4.78 is 6.93. The third kappa shape index (κ3) is 5.68. The number of methoxy groups -OCH3 is 1. The average molecular weight is 510 g/mol. The van der Waals surface area contributed by atoms with E-state index in [2.05, 4.69) is 47.7 Å². The van der Waals surface area contributed by atoms with E-state index in [0.29, 0.717) is 13.1 Å². The number of fused-ring (bicyclic) bond motifs is 1. The van der Waals surface area contributed by atoms with E-state index in [9.17, 15) is 0 Å². The largest absolute Gasteiger partial charge is 0.497 e. The lowest BCUT2D eigenvalue weighted by Crippen LogP contribution is -2.40. The van der Waals surface area contributed by atoms with Gasteiger partial charge in [0.1, 0.15) is 17.9 Å². The number of aromatic nitrogens is 4. The summed E-state index contributed by atoms with van der Waals surface area (Å²) in [4.78, 5) is 15.0. The number of hydrogen-bond acceptors (Lipinski definition) is 6. The van der Waals surface area contributed by atoms with Crippen LogP contribution in [0.25, 0.3) is 11.0 Å². The molecule has 9 nitrogen and oxygen atoms in total. The van der Waals surface area contributed by atoms with Crippen molar-refractivity contribution in [3.63, 3.8) is 0 Å². The van der Waals surface area contributed by atoms with E-state index in [1.807, 2.05) is 26.2 Å². The van der Waals surface area contributed by atoms with Gasteiger partial charge >= 0.3 is 0 Å². The summed E-state index contributed by atoms with van der Waals surface area (Å²) in [5, 5.41) is 11.8. The van der Waals surface area contributed by atoms with Crippen LogP contribution in [0.5, 0.6) is 5.75 Å². The Morgan fingerprint density at radius 1 is 1.21 bits per heavy atom. The fourth-order valence-corrected chi connectivity index (χ4v) is 2.92. The molecule has 1 aromatic carbocycles. The maximum Gasteiger partial charge on any atom is 0.193 e. The van der Waals surface area contributed by atoms with Crippen LogP contribution in [0.1, 0.15) is 5.56 Å². The molecule has 0 aliphatic rings. The van der Waals surface area contributed by atoms with Crippen LogP contribution in [0, 0.1) is 0 Å². The molecule has 0 aliphatic heterocycles. The molecule has 156 valence electrons. The van der Waals surface area contributed by atoms with Gasteiger partial charge in [0.05, 0.1) is 18.7 Å². The number of nitrogens with one attached hydrogen (secondary N) is 2. The van der Waals surface area contributed by atoms with Gasteiger partial charge in [-0.15, -0.1) is 24.0 Å². The van der Waals surface area contributed by atoms with Crippen molar-refractivity contribution in [1.29, 1.82) is 0 Å². The smallest absolute Gasteiger partial charge is 0.193 e. The number of anilines is 1. The van der Waals surface area contributed by atoms with Gasteiger partial charge in [-0.2, -0.15) is 5.10 Å². The van der Waals surface area contributed by atoms with Crippen LogP contribution < -0.4 is 15.4 Å². The normalized spacial score (nSPS) is 11.1. The Hall–Kier alpha value is -2.63. The number of ether oxygens (including phenoxy) is 1. The first-order chi connectivity index (χ1) is 13.6. The molecule has 2 N–H and O–H groups in total. The van der Waals surface area contributed by atoms with Gasteiger partial charge in [0.25, 0.3) is 0 Å². The predicted octanol–water partition coefficient (Wildman–Crippen LogP) is 2.11. The van der Waals surface area contributed by atoms with Gasteiger partial charge in [-0.05, 0) is 17.7 Å². The summed E-state index contributed by atoms with van der Waals surface area (Å²) in [5.41, 5.74) is 1.99. The van der Waals surface area contributed by atoms with Crippen LogP contribution in [0.3, 0.4) is 0 Å². The van der Waals surface area contributed by atoms with Crippen molar-refractivity contribution in [2.75, 3.05) is 39.6 Å². The summed E-state index contributed by atoms with van der Waals surface area (Å²) >= 11 is 0. The molecule has 29 heavy (non-hydrogen) atoms. The predicted molar refractivity (Wildman–Crippen MR) is 126 cm³/mol. The first-order valence-corrected chi connectivity index (χ1v) is 9.03. The molecule has 2 heterocycles. The standard InChI is InChI=1S/C19H26N8O.HI/c1-20-19(26(2)12-14-5-7-15(28-4)8-6-14)22-10-9-21-17-16-11-25-27(3)18(16)24-13-23-17;/h5-8,11,13H,9-10,12H2,1-4H3,(H,20,22)(H,21,23,24);1H. The zero-order chi connectivity index (χ0) is 19.9. The summed E-state index contributed by atoms with van der Waals surface area (Å²) in [6, 6.07) is 8.03. The SMILES string of the molecule is CN=C(NCCNc1ncnc2c1cnn2C)N(C)Cc1ccc(OC)cc1.I. The zero-order valence-electron chi connectivity index (χ0n) is 17.1. The van der Waals surface area contributed by atoms with Crippen LogP contribution in [0.2, 0.25) is 0 Å². The first kappa shape index (κ1) is 22.7. The van der Waals surface area contributed by atoms with Gasteiger partial charge in [-0.25, -0.2) is 9.97 Å². The highest BCUT2D eigenvalue weighted by atomic mass is 127. The Kier molecular flexibility index (Phi) is 8.43. The molecule has 0 bridgehead atoms. The van der Waals surface area contributed by atoms with Crippen molar-refractivity contribution >= 4 is 46.8 Å². The molecular weight excluding hydrogens is 483 g/mol. The third-order valence-electron chi connectivity index (χ3n) is 4.38. The minimum absolute atomic E-state index is 0. The average Bonchev–Trinajstić information content (AvgIpc) is 3.10. The Morgan fingerprint density at radius 2 is 1.97 bits per heavy atom. The number of hydrogen-bond donors (Lipinski definition) is 2. The van der Waals surface area contributed by atoms with E-state index in [-0.39, 0.29) is 24.0 Å². The third-order valence-corrected chi connectivity index (χ3v) is 4.38. The van der Waals surface area contributed by atoms with Crippen molar-refractivity contribution in [2.45, 2.75) is 6.54 Å². The molecule has 3 rings (SSSR count). The highest BCUT2D eigenvalue weighted by molar-refractivity contribution is 14.0. The molecule has 0 fully saturated rings. The Labute approximate surface area is 187 Å². The van der Waals surface area contributed by atoms with Gasteiger partial charge in [0, 0.05) is 40.8 Å². The Balaban J connectivity index is 0.00000300. The molecule has 0 radical (unpaired) electrons. The van der Waals surface area contributed by atoms with Crippen molar-refractivity contribution in [1.82, 2.24) is 30.0 Å². The van der Waals surface area contributed by atoms with E-state index in [4.69, 9.17) is 4.74 Å². The lowest BCUT2D eigenvalue weighted by molar-refractivity contribution is 0.414. The van der Waals surface area contributed by atoms with E-state index < -0.39 is 0 Å². The number of rotatable bonds is 7. The second-order valence-corrected chi connectivity index (χ2v) is 6.33. The number of aryl methyl sites for hydroxylation is 1. The maximum absolute atomic E-state index is 5.20. The molecule has 0 atom stereocenters. The van der Waals surface area contributed by atoms with Crippen LogP contribution in [0.15, 0.2) is 41.8 Å². The lowest BCUT2D eigenvalue weighted by atomic mass is 10.2. The van der Waals surface area contributed by atoms with Crippen molar-refractivity contribution in [2.24, 2.45) is 12.0 Å². The summed E-state index contributed by atoms with van der Waals surface area (Å²) in [6.45, 7) is 2.14. The first-order valence-electron chi connectivity index (χ1n) is 9.03. The molecule has 0 saturated carbocycles. The van der Waals surface area contributed by atoms with Gasteiger partial charge in [0.15, 0.2) is 11.6 Å². The summed E-state index contributed by atoms with van der Waals surface area (Å²) in [5.74, 6) is 2.46. The van der Waals surface area contributed by atoms with E-state index in [1.165, 1.54) is 5.56 Å². The topological polar surface area (TPSA) is 92.5 Å². The minimum Gasteiger partial charge on any atom is -0.497 e. The molecule has 0 amide bonds. The molecule has 10 heteroatoms. The van der Waals surface area contributed by atoms with Crippen LogP contribution in [-0.2, 0) is 13.6 Å². The van der Waals surface area contributed by atoms with Gasteiger partial charge < -0.3 is 20.3 Å². The van der Waals surface area contributed by atoms with Crippen molar-refractivity contribution in [3.05, 3.63) is 42.4 Å². The lowest BCUT2D eigenvalue weighted by Gasteiger charge is -2.22. The number of halogens is 1. The van der Waals surface area contributed by atoms with E-state index in [0.717, 1.165) is 35.1 Å². The van der Waals surface area contributed by atoms with Gasteiger partial charge in [-0.1, -0.05) is 12.1 Å². The highest BCUT2D eigenvalue weighted by Gasteiger charge is 2.09. The fraction of sp³-hybridized carbons (Fsp3) is 0.368. The molecular formula is C19H27IN8O. The van der Waals surface area contributed by atoms with Crippen LogP contribution in [0.4, 0.5) is 5.82 Å². The quantitative estimate of drug-likeness (QED) is 0.218. The fourth-order valence-electron chi connectivity index (χ4n) is 2.92. The van der Waals surface area contributed by atoms with E-state index in [1.54, 1.807) is 31.4 Å². The molecule has 0 spiro atoms. The summed E-state index contributed by atoms with van der Waals surface area (Å²) in [7, 11) is 7.32. The molecule has 0 saturated heterocycles. The van der Waals surface area contributed by atoms with Crippen LogP contribution >= 0.6 is 24.0 Å². The zero-order valence-corrected chi connectivity index (χ0v) is 19.4. The Bertz CT molecular complexity index is 941. The summed E-state index contributed by atoms with van der Waals surface area (Å²) in [6.07, 6.45) is 3.31. The highest BCUT2D eigenvalue weighted by Crippen LogP contribution is 2.17. The minimum atomic E-state index is 0. The monoisotopic (exact) mass is 510 g/mol. The molecule has 0 aliphatic carbocycles. The second-order valence-electron chi connectivity index (χ2n) is 6.33. The van der Waals surface area contributed by atoms with Crippen molar-refractivity contribution in [3.8, 4) is 5.75 Å². The molecule has 0 unspecified atom stereocenters. The Morgan fingerprint density at radius 3 is 2.66 bits per heavy atom. The number of aliphatic imine (C=N–C) groups is 1. The van der Waals surface area contributed by atoms with Crippen LogP contribution in [-0.4, -0.2) is 64.9 Å². The maximum atomic E-state index is 5.20.